The van der Waals surface area contributed by atoms with Gasteiger partial charge in [0.1, 0.15) is 5.82 Å². The van der Waals surface area contributed by atoms with Crippen LogP contribution in [-0.2, 0) is 5.54 Å². The summed E-state index contributed by atoms with van der Waals surface area (Å²) in [6.45, 7) is 3.80. The van der Waals surface area contributed by atoms with Gasteiger partial charge < -0.3 is 10.4 Å². The first-order valence-corrected chi connectivity index (χ1v) is 5.89. The molecule has 1 heterocycles. The second-order valence-corrected chi connectivity index (χ2v) is 4.54. The lowest BCUT2D eigenvalue weighted by molar-refractivity contribution is 0.223. The van der Waals surface area contributed by atoms with Crippen LogP contribution in [0.1, 0.15) is 18.2 Å². The Kier molecular flexibility index (Phi) is 3.58. The highest BCUT2D eigenvalue weighted by Gasteiger charge is 2.25. The van der Waals surface area contributed by atoms with Crippen molar-refractivity contribution in [1.82, 2.24) is 10.2 Å². The maximum absolute atomic E-state index is 9.64. The van der Waals surface area contributed by atoms with E-state index in [1.165, 1.54) is 0 Å². The molecule has 2 rings (SSSR count). The van der Waals surface area contributed by atoms with Crippen molar-refractivity contribution in [3.05, 3.63) is 53.7 Å². The summed E-state index contributed by atoms with van der Waals surface area (Å²) in [6.07, 6.45) is 0. The van der Waals surface area contributed by atoms with Crippen molar-refractivity contribution in [2.45, 2.75) is 19.4 Å². The van der Waals surface area contributed by atoms with Gasteiger partial charge in [-0.15, -0.1) is 5.10 Å². The molecular formula is C14H17N3O. The Hall–Kier alpha value is -1.94. The van der Waals surface area contributed by atoms with Gasteiger partial charge in [0.15, 0.2) is 0 Å². The second kappa shape index (κ2) is 5.14. The van der Waals surface area contributed by atoms with E-state index in [0.29, 0.717) is 5.82 Å². The fourth-order valence-corrected chi connectivity index (χ4v) is 1.76. The monoisotopic (exact) mass is 243 g/mol. The number of aliphatic hydroxyl groups excluding tert-OH is 1. The van der Waals surface area contributed by atoms with Crippen LogP contribution in [0.4, 0.5) is 5.82 Å². The van der Waals surface area contributed by atoms with E-state index in [9.17, 15) is 5.11 Å². The highest BCUT2D eigenvalue weighted by Crippen LogP contribution is 2.24. The quantitative estimate of drug-likeness (QED) is 0.863. The largest absolute Gasteiger partial charge is 0.394 e. The molecule has 0 aliphatic heterocycles. The highest BCUT2D eigenvalue weighted by molar-refractivity contribution is 5.41. The van der Waals surface area contributed by atoms with Gasteiger partial charge in [-0.05, 0) is 31.5 Å². The third-order valence-corrected chi connectivity index (χ3v) is 2.93. The minimum absolute atomic E-state index is 0.0213. The normalized spacial score (nSPS) is 13.9. The van der Waals surface area contributed by atoms with Crippen LogP contribution < -0.4 is 5.32 Å². The first-order valence-electron chi connectivity index (χ1n) is 5.89. The van der Waals surface area contributed by atoms with E-state index in [1.54, 1.807) is 0 Å². The lowest BCUT2D eigenvalue weighted by Crippen LogP contribution is -2.36. The van der Waals surface area contributed by atoms with Gasteiger partial charge in [0.2, 0.25) is 0 Å². The van der Waals surface area contributed by atoms with Crippen LogP contribution in [0.15, 0.2) is 42.5 Å². The number of nitrogens with one attached hydrogen (secondary N) is 1. The van der Waals surface area contributed by atoms with Crippen molar-refractivity contribution in [3.63, 3.8) is 0 Å². The van der Waals surface area contributed by atoms with Crippen molar-refractivity contribution in [2.24, 2.45) is 0 Å². The third-order valence-electron chi connectivity index (χ3n) is 2.93. The molecule has 0 saturated heterocycles. The number of nitrogens with zero attached hydrogens (tertiary/aromatic N) is 2. The van der Waals surface area contributed by atoms with Crippen molar-refractivity contribution >= 4 is 5.82 Å². The third kappa shape index (κ3) is 2.65. The van der Waals surface area contributed by atoms with Gasteiger partial charge in [0, 0.05) is 0 Å². The smallest absolute Gasteiger partial charge is 0.149 e. The Labute approximate surface area is 107 Å². The van der Waals surface area contributed by atoms with E-state index in [1.807, 2.05) is 56.3 Å². The van der Waals surface area contributed by atoms with E-state index in [0.717, 1.165) is 11.3 Å². The number of aliphatic hydroxyl groups is 1. The minimum Gasteiger partial charge on any atom is -0.394 e. The highest BCUT2D eigenvalue weighted by atomic mass is 16.3. The van der Waals surface area contributed by atoms with Crippen molar-refractivity contribution in [1.29, 1.82) is 0 Å². The van der Waals surface area contributed by atoms with Gasteiger partial charge >= 0.3 is 0 Å². The maximum Gasteiger partial charge on any atom is 0.149 e. The first-order chi connectivity index (χ1) is 8.64. The first kappa shape index (κ1) is 12.5. The molecule has 4 nitrogen and oxygen atoms in total. The van der Waals surface area contributed by atoms with Gasteiger partial charge in [0.25, 0.3) is 0 Å². The molecule has 94 valence electrons. The van der Waals surface area contributed by atoms with Crippen LogP contribution in [0.5, 0.6) is 0 Å². The number of rotatable bonds is 4. The number of aryl methyl sites for hydroxylation is 1. The zero-order valence-electron chi connectivity index (χ0n) is 10.6. The number of hydrogen-bond donors (Lipinski definition) is 2. The predicted octanol–water partition coefficient (Wildman–Crippen LogP) is 2.10. The molecule has 0 aliphatic rings. The zero-order chi connectivity index (χ0) is 13.0. The fraction of sp³-hybridized carbons (Fsp3) is 0.286. The Morgan fingerprint density at radius 1 is 1.11 bits per heavy atom. The molecule has 0 amide bonds. The molecule has 2 N–H and O–H groups in total. The number of benzene rings is 1. The van der Waals surface area contributed by atoms with E-state index >= 15 is 0 Å². The van der Waals surface area contributed by atoms with Crippen LogP contribution in [0.2, 0.25) is 0 Å². The molecule has 1 aromatic carbocycles. The van der Waals surface area contributed by atoms with E-state index < -0.39 is 5.54 Å². The molecule has 0 radical (unpaired) electrons. The molecule has 0 saturated carbocycles. The Morgan fingerprint density at radius 3 is 2.39 bits per heavy atom. The molecule has 1 unspecified atom stereocenters. The number of anilines is 1. The molecule has 0 aliphatic carbocycles. The van der Waals surface area contributed by atoms with Gasteiger partial charge in [-0.2, -0.15) is 5.10 Å². The summed E-state index contributed by atoms with van der Waals surface area (Å²) >= 11 is 0. The average molecular weight is 243 g/mol. The van der Waals surface area contributed by atoms with Gasteiger partial charge in [-0.25, -0.2) is 0 Å². The molecule has 0 fully saturated rings. The van der Waals surface area contributed by atoms with Crippen LogP contribution in [0.25, 0.3) is 0 Å². The van der Waals surface area contributed by atoms with E-state index in [4.69, 9.17) is 0 Å². The van der Waals surface area contributed by atoms with Crippen LogP contribution in [0.3, 0.4) is 0 Å². The molecule has 18 heavy (non-hydrogen) atoms. The zero-order valence-corrected chi connectivity index (χ0v) is 10.6. The van der Waals surface area contributed by atoms with E-state index in [2.05, 4.69) is 15.5 Å². The Morgan fingerprint density at radius 2 is 1.83 bits per heavy atom. The number of hydrogen-bond acceptors (Lipinski definition) is 4. The minimum atomic E-state index is -0.564. The molecule has 0 spiro atoms. The molecule has 1 aromatic heterocycles. The molecular weight excluding hydrogens is 226 g/mol. The van der Waals surface area contributed by atoms with Gasteiger partial charge in [-0.3, -0.25) is 0 Å². The van der Waals surface area contributed by atoms with Crippen molar-refractivity contribution < 1.29 is 5.11 Å². The lowest BCUT2D eigenvalue weighted by atomic mass is 9.93. The summed E-state index contributed by atoms with van der Waals surface area (Å²) in [6, 6.07) is 13.6. The maximum atomic E-state index is 9.64. The average Bonchev–Trinajstić information content (AvgIpc) is 2.42. The standard InChI is InChI=1S/C14H17N3O/c1-11-8-9-13(17-16-11)15-14(2,10-18)12-6-4-3-5-7-12/h3-9,18H,10H2,1-2H3,(H,15,17). The van der Waals surface area contributed by atoms with E-state index in [-0.39, 0.29) is 6.61 Å². The molecule has 2 aromatic rings. The number of aromatic nitrogens is 2. The van der Waals surface area contributed by atoms with Gasteiger partial charge in [0.05, 0.1) is 17.8 Å². The Balaban J connectivity index is 2.26. The van der Waals surface area contributed by atoms with Crippen LogP contribution in [0, 0.1) is 6.92 Å². The predicted molar refractivity (Wildman–Crippen MR) is 71.3 cm³/mol. The van der Waals surface area contributed by atoms with Gasteiger partial charge in [-0.1, -0.05) is 30.3 Å². The summed E-state index contributed by atoms with van der Waals surface area (Å²) in [4.78, 5) is 0. The molecule has 1 atom stereocenters. The van der Waals surface area contributed by atoms with Crippen LogP contribution in [-0.4, -0.2) is 21.9 Å². The lowest BCUT2D eigenvalue weighted by Gasteiger charge is -2.29. The second-order valence-electron chi connectivity index (χ2n) is 4.54. The van der Waals surface area contributed by atoms with Crippen molar-refractivity contribution in [2.75, 3.05) is 11.9 Å². The molecule has 4 heteroatoms. The molecule has 0 bridgehead atoms. The van der Waals surface area contributed by atoms with Crippen molar-refractivity contribution in [3.8, 4) is 0 Å². The summed E-state index contributed by atoms with van der Waals surface area (Å²) < 4.78 is 0. The fourth-order valence-electron chi connectivity index (χ4n) is 1.76. The Bertz CT molecular complexity index is 498. The summed E-state index contributed by atoms with van der Waals surface area (Å²) in [7, 11) is 0. The SMILES string of the molecule is Cc1ccc(NC(C)(CO)c2ccccc2)nn1. The summed E-state index contributed by atoms with van der Waals surface area (Å²) in [5.41, 5.74) is 1.31. The summed E-state index contributed by atoms with van der Waals surface area (Å²) in [5, 5.41) is 20.9. The topological polar surface area (TPSA) is 58.0 Å². The van der Waals surface area contributed by atoms with Crippen LogP contribution >= 0.6 is 0 Å². The summed E-state index contributed by atoms with van der Waals surface area (Å²) in [5.74, 6) is 0.654.